The van der Waals surface area contributed by atoms with Crippen LogP contribution in [0.15, 0.2) is 53.3 Å². The molecule has 94 valence electrons. The van der Waals surface area contributed by atoms with Crippen molar-refractivity contribution in [2.75, 3.05) is 0 Å². The Morgan fingerprint density at radius 3 is 2.10 bits per heavy atom. The van der Waals surface area contributed by atoms with Gasteiger partial charge < -0.3 is 0 Å². The predicted octanol–water partition coefficient (Wildman–Crippen LogP) is 3.52. The number of rotatable bonds is 0. The molecule has 0 fully saturated rings. The largest absolute Gasteiger partial charge is 0.289 e. The third-order valence-corrected chi connectivity index (χ3v) is 4.20. The zero-order valence-electron chi connectivity index (χ0n) is 10.8. The highest BCUT2D eigenvalue weighted by Crippen LogP contribution is 2.41. The van der Waals surface area contributed by atoms with E-state index in [0.29, 0.717) is 5.39 Å². The maximum atomic E-state index is 12.7. The molecule has 1 unspecified atom stereocenters. The van der Waals surface area contributed by atoms with E-state index < -0.39 is 0 Å². The molecular weight excluding hydrogens is 246 g/mol. The van der Waals surface area contributed by atoms with Gasteiger partial charge in [-0.15, -0.1) is 0 Å². The number of hydrogen-bond donors (Lipinski definition) is 0. The summed E-state index contributed by atoms with van der Waals surface area (Å²) in [5, 5.41) is 12.7. The van der Waals surface area contributed by atoms with Crippen LogP contribution in [0.1, 0.15) is 17.0 Å². The SMILES string of the molecule is N#CC1Cc2c1c1ccccc1c(=O)c1ccccc21. The van der Waals surface area contributed by atoms with Gasteiger partial charge >= 0.3 is 0 Å². The van der Waals surface area contributed by atoms with Gasteiger partial charge in [-0.2, -0.15) is 5.26 Å². The molecule has 0 aromatic heterocycles. The first-order chi connectivity index (χ1) is 9.81. The van der Waals surface area contributed by atoms with Crippen molar-refractivity contribution in [1.82, 2.24) is 0 Å². The Kier molecular flexibility index (Phi) is 2.19. The molecular formula is C18H11NO. The fraction of sp³-hybridized carbons (Fsp3) is 0.111. The lowest BCUT2D eigenvalue weighted by molar-refractivity contribution is 0.765. The molecule has 4 rings (SSSR count). The first-order valence-corrected chi connectivity index (χ1v) is 6.67. The molecule has 0 radical (unpaired) electrons. The van der Waals surface area contributed by atoms with Crippen LogP contribution in [0.2, 0.25) is 0 Å². The number of benzene rings is 2. The molecule has 1 aliphatic rings. The molecule has 3 aromatic carbocycles. The first kappa shape index (κ1) is 11.2. The van der Waals surface area contributed by atoms with Crippen LogP contribution < -0.4 is 5.43 Å². The average Bonchev–Trinajstić information content (AvgIpc) is 2.54. The summed E-state index contributed by atoms with van der Waals surface area (Å²) in [6.07, 6.45) is 0.741. The maximum absolute atomic E-state index is 12.7. The molecule has 1 atom stereocenters. The lowest BCUT2D eigenvalue weighted by atomic mass is 9.76. The van der Waals surface area contributed by atoms with E-state index in [1.165, 1.54) is 0 Å². The van der Waals surface area contributed by atoms with Crippen molar-refractivity contribution >= 4 is 21.5 Å². The van der Waals surface area contributed by atoms with Crippen molar-refractivity contribution in [3.63, 3.8) is 0 Å². The smallest absolute Gasteiger partial charge is 0.194 e. The fourth-order valence-corrected chi connectivity index (χ4v) is 3.22. The molecule has 1 aliphatic carbocycles. The molecule has 20 heavy (non-hydrogen) atoms. The zero-order valence-corrected chi connectivity index (χ0v) is 10.8. The normalized spacial score (nSPS) is 16.4. The van der Waals surface area contributed by atoms with Gasteiger partial charge in [0.15, 0.2) is 5.43 Å². The molecule has 0 heterocycles. The van der Waals surface area contributed by atoms with E-state index in [2.05, 4.69) is 6.07 Å². The van der Waals surface area contributed by atoms with Crippen LogP contribution in [-0.4, -0.2) is 0 Å². The van der Waals surface area contributed by atoms with Crippen molar-refractivity contribution in [3.05, 3.63) is 69.9 Å². The Morgan fingerprint density at radius 2 is 1.45 bits per heavy atom. The van der Waals surface area contributed by atoms with Gasteiger partial charge in [0.05, 0.1) is 12.0 Å². The summed E-state index contributed by atoms with van der Waals surface area (Å²) < 4.78 is 0. The monoisotopic (exact) mass is 257 g/mol. The van der Waals surface area contributed by atoms with E-state index in [0.717, 1.165) is 33.7 Å². The predicted molar refractivity (Wildman–Crippen MR) is 79.8 cm³/mol. The Hall–Kier alpha value is -2.66. The van der Waals surface area contributed by atoms with Gasteiger partial charge in [-0.05, 0) is 28.3 Å². The van der Waals surface area contributed by atoms with E-state index in [9.17, 15) is 10.1 Å². The van der Waals surface area contributed by atoms with Crippen molar-refractivity contribution in [1.29, 1.82) is 5.26 Å². The highest BCUT2D eigenvalue weighted by atomic mass is 16.1. The van der Waals surface area contributed by atoms with Crippen LogP contribution in [0.3, 0.4) is 0 Å². The molecule has 0 bridgehead atoms. The number of nitriles is 1. The van der Waals surface area contributed by atoms with Crippen LogP contribution in [0.4, 0.5) is 0 Å². The van der Waals surface area contributed by atoms with Crippen LogP contribution >= 0.6 is 0 Å². The lowest BCUT2D eigenvalue weighted by Gasteiger charge is -2.25. The second-order valence-corrected chi connectivity index (χ2v) is 5.20. The van der Waals surface area contributed by atoms with Gasteiger partial charge in [-0.25, -0.2) is 0 Å². The molecule has 2 heteroatoms. The molecule has 0 saturated heterocycles. The zero-order chi connectivity index (χ0) is 13.7. The third-order valence-electron chi connectivity index (χ3n) is 4.20. The maximum Gasteiger partial charge on any atom is 0.194 e. The minimum Gasteiger partial charge on any atom is -0.289 e. The summed E-state index contributed by atoms with van der Waals surface area (Å²) >= 11 is 0. The molecule has 0 saturated carbocycles. The van der Waals surface area contributed by atoms with Gasteiger partial charge in [0.25, 0.3) is 0 Å². The highest BCUT2D eigenvalue weighted by molar-refractivity contribution is 5.99. The van der Waals surface area contributed by atoms with Crippen molar-refractivity contribution in [3.8, 4) is 6.07 Å². The topological polar surface area (TPSA) is 40.9 Å². The van der Waals surface area contributed by atoms with Gasteiger partial charge in [0.1, 0.15) is 0 Å². The number of hydrogen-bond acceptors (Lipinski definition) is 2. The summed E-state index contributed by atoms with van der Waals surface area (Å²) in [6, 6.07) is 17.7. The van der Waals surface area contributed by atoms with Crippen molar-refractivity contribution in [2.45, 2.75) is 12.3 Å². The van der Waals surface area contributed by atoms with Crippen LogP contribution in [0, 0.1) is 11.3 Å². The lowest BCUT2D eigenvalue weighted by Crippen LogP contribution is -2.14. The van der Waals surface area contributed by atoms with E-state index in [1.807, 2.05) is 48.5 Å². The molecule has 3 aromatic rings. The average molecular weight is 257 g/mol. The van der Waals surface area contributed by atoms with E-state index in [-0.39, 0.29) is 11.3 Å². The van der Waals surface area contributed by atoms with Gasteiger partial charge in [0.2, 0.25) is 0 Å². The second-order valence-electron chi connectivity index (χ2n) is 5.20. The van der Waals surface area contributed by atoms with Crippen molar-refractivity contribution < 1.29 is 0 Å². The van der Waals surface area contributed by atoms with Crippen LogP contribution in [0.5, 0.6) is 0 Å². The quantitative estimate of drug-likeness (QED) is 0.618. The number of nitrogens with zero attached hydrogens (tertiary/aromatic N) is 1. The summed E-state index contributed by atoms with van der Waals surface area (Å²) in [6.45, 7) is 0. The Balaban J connectivity index is 2.38. The summed E-state index contributed by atoms with van der Waals surface area (Å²) in [4.78, 5) is 12.7. The number of fused-ring (bicyclic) bond motifs is 5. The van der Waals surface area contributed by atoms with Gasteiger partial charge in [0, 0.05) is 10.8 Å². The minimum absolute atomic E-state index is 0.0577. The van der Waals surface area contributed by atoms with E-state index in [4.69, 9.17) is 0 Å². The molecule has 2 nitrogen and oxygen atoms in total. The second kappa shape index (κ2) is 3.91. The van der Waals surface area contributed by atoms with Gasteiger partial charge in [-0.3, -0.25) is 4.79 Å². The van der Waals surface area contributed by atoms with E-state index >= 15 is 0 Å². The highest BCUT2D eigenvalue weighted by Gasteiger charge is 2.30. The van der Waals surface area contributed by atoms with Crippen LogP contribution in [-0.2, 0) is 6.42 Å². The standard InChI is InChI=1S/C18H11NO/c19-10-11-9-16-12-5-1-3-7-14(12)18(20)15-8-4-2-6-13(15)17(11)16/h1-8,11H,9H2. The minimum atomic E-state index is -0.0925. The van der Waals surface area contributed by atoms with Gasteiger partial charge in [-0.1, -0.05) is 48.5 Å². The molecule has 0 spiro atoms. The summed E-state index contributed by atoms with van der Waals surface area (Å²) in [7, 11) is 0. The fourth-order valence-electron chi connectivity index (χ4n) is 3.22. The Bertz CT molecular complexity index is 966. The third kappa shape index (κ3) is 1.30. The van der Waals surface area contributed by atoms with Crippen molar-refractivity contribution in [2.24, 2.45) is 0 Å². The first-order valence-electron chi connectivity index (χ1n) is 6.67. The summed E-state index contributed by atoms with van der Waals surface area (Å²) in [5.41, 5.74) is 2.26. The molecule has 0 N–H and O–H groups in total. The van der Waals surface area contributed by atoms with Crippen LogP contribution in [0.25, 0.3) is 21.5 Å². The summed E-state index contributed by atoms with van der Waals surface area (Å²) in [5.74, 6) is -0.0925. The Morgan fingerprint density at radius 1 is 0.900 bits per heavy atom. The van der Waals surface area contributed by atoms with E-state index in [1.54, 1.807) is 0 Å². The molecule has 0 amide bonds. The Labute approximate surface area is 115 Å². The molecule has 0 aliphatic heterocycles.